The van der Waals surface area contributed by atoms with E-state index < -0.39 is 23.6 Å². The Kier molecular flexibility index (Phi) is 4.83. The highest BCUT2D eigenvalue weighted by Gasteiger charge is 2.34. The van der Waals surface area contributed by atoms with Crippen molar-refractivity contribution in [2.24, 2.45) is 7.05 Å². The van der Waals surface area contributed by atoms with Crippen LogP contribution in [0.1, 0.15) is 18.2 Å². The minimum absolute atomic E-state index is 0.0315. The number of thioether (sulfide) groups is 1. The number of hydrogen-bond acceptors (Lipinski definition) is 4. The maximum Gasteiger partial charge on any atom is 0.433 e. The van der Waals surface area contributed by atoms with Crippen LogP contribution in [0.3, 0.4) is 0 Å². The third-order valence-electron chi connectivity index (χ3n) is 3.75. The van der Waals surface area contributed by atoms with Gasteiger partial charge in [0.1, 0.15) is 11.4 Å². The van der Waals surface area contributed by atoms with Gasteiger partial charge < -0.3 is 4.57 Å². The summed E-state index contributed by atoms with van der Waals surface area (Å²) in [5, 5.41) is 0. The van der Waals surface area contributed by atoms with Crippen LogP contribution in [0.25, 0.3) is 22.6 Å². The average molecular weight is 406 g/mol. The summed E-state index contributed by atoms with van der Waals surface area (Å²) in [5.41, 5.74) is -1.48. The molecule has 0 atom stereocenters. The highest BCUT2D eigenvalue weighted by Crippen LogP contribution is 2.37. The van der Waals surface area contributed by atoms with E-state index in [1.807, 2.05) is 0 Å². The van der Waals surface area contributed by atoms with Crippen LogP contribution in [0.15, 0.2) is 29.4 Å². The van der Waals surface area contributed by atoms with Gasteiger partial charge >= 0.3 is 12.4 Å². The molecule has 0 aromatic carbocycles. The van der Waals surface area contributed by atoms with Crippen LogP contribution < -0.4 is 0 Å². The Balaban J connectivity index is 2.18. The molecule has 0 aliphatic heterocycles. The smallest absolute Gasteiger partial charge is 0.325 e. The second kappa shape index (κ2) is 6.70. The van der Waals surface area contributed by atoms with Gasteiger partial charge in [0, 0.05) is 18.1 Å². The van der Waals surface area contributed by atoms with Gasteiger partial charge in [0.25, 0.3) is 0 Å². The van der Waals surface area contributed by atoms with Crippen molar-refractivity contribution in [3.63, 3.8) is 0 Å². The monoisotopic (exact) mass is 406 g/mol. The Bertz CT molecular complexity index is 993. The summed E-state index contributed by atoms with van der Waals surface area (Å²) < 4.78 is 78.9. The number of aromatic nitrogens is 4. The van der Waals surface area contributed by atoms with Crippen molar-refractivity contribution >= 4 is 22.8 Å². The molecule has 3 rings (SSSR count). The van der Waals surface area contributed by atoms with Crippen molar-refractivity contribution < 1.29 is 26.3 Å². The van der Waals surface area contributed by atoms with Crippen molar-refractivity contribution in [2.45, 2.75) is 24.2 Å². The molecule has 0 aliphatic rings. The molecule has 0 amide bonds. The predicted molar refractivity (Wildman–Crippen MR) is 88.1 cm³/mol. The zero-order valence-electron chi connectivity index (χ0n) is 14.0. The summed E-state index contributed by atoms with van der Waals surface area (Å²) in [7, 11) is 1.54. The standard InChI is InChI=1S/C16H12F6N4S/c1-3-27-11-4-8(15(17,18)19)6-24-13(11)14-25-9-5-12(16(20,21)22)23-7-10(9)26(14)2/h4-7H,3H2,1-2H3. The van der Waals surface area contributed by atoms with Crippen LogP contribution in [-0.2, 0) is 19.4 Å². The predicted octanol–water partition coefficient (Wildman–Crippen LogP) is 5.18. The second-order valence-corrected chi connectivity index (χ2v) is 6.86. The number of rotatable bonds is 3. The van der Waals surface area contributed by atoms with Crippen molar-refractivity contribution in [1.82, 2.24) is 19.5 Å². The summed E-state index contributed by atoms with van der Waals surface area (Å²) in [5.74, 6) is 0.649. The fourth-order valence-corrected chi connectivity index (χ4v) is 3.29. The highest BCUT2D eigenvalue weighted by molar-refractivity contribution is 7.99. The zero-order chi connectivity index (χ0) is 20.0. The number of alkyl halides is 6. The van der Waals surface area contributed by atoms with Crippen LogP contribution >= 0.6 is 11.8 Å². The molecule has 0 spiro atoms. The maximum atomic E-state index is 13.0. The maximum absolute atomic E-state index is 13.0. The molecule has 27 heavy (non-hydrogen) atoms. The fourth-order valence-electron chi connectivity index (χ4n) is 2.49. The van der Waals surface area contributed by atoms with E-state index >= 15 is 0 Å². The minimum atomic E-state index is -4.62. The first kappa shape index (κ1) is 19.5. The highest BCUT2D eigenvalue weighted by atomic mass is 32.2. The minimum Gasteiger partial charge on any atom is -0.325 e. The third kappa shape index (κ3) is 3.73. The number of nitrogens with zero attached hydrogens (tertiary/aromatic N) is 4. The van der Waals surface area contributed by atoms with Gasteiger partial charge in [-0.05, 0) is 17.9 Å². The van der Waals surface area contributed by atoms with Crippen molar-refractivity contribution in [3.8, 4) is 11.5 Å². The lowest BCUT2D eigenvalue weighted by Crippen LogP contribution is -2.07. The lowest BCUT2D eigenvalue weighted by molar-refractivity contribution is -0.141. The Hall–Kier alpha value is -2.30. The molecule has 0 unspecified atom stereocenters. The van der Waals surface area contributed by atoms with E-state index in [4.69, 9.17) is 0 Å². The normalized spacial score (nSPS) is 12.7. The molecule has 3 heterocycles. The Labute approximate surface area is 153 Å². The fraction of sp³-hybridized carbons (Fsp3) is 0.312. The van der Waals surface area contributed by atoms with E-state index in [0.717, 1.165) is 30.1 Å². The third-order valence-corrected chi connectivity index (χ3v) is 4.66. The molecule has 3 aromatic rings. The van der Waals surface area contributed by atoms with Gasteiger partial charge in [-0.2, -0.15) is 26.3 Å². The Morgan fingerprint density at radius 3 is 2.30 bits per heavy atom. The molecule has 0 saturated heterocycles. The van der Waals surface area contributed by atoms with Gasteiger partial charge in [0.05, 0.1) is 22.8 Å². The Morgan fingerprint density at radius 2 is 1.70 bits per heavy atom. The molecule has 0 fully saturated rings. The number of imidazole rings is 1. The molecule has 0 radical (unpaired) electrons. The molecule has 4 nitrogen and oxygen atoms in total. The number of aryl methyl sites for hydroxylation is 1. The summed E-state index contributed by atoms with van der Waals surface area (Å²) >= 11 is 1.14. The van der Waals surface area contributed by atoms with Crippen molar-refractivity contribution in [3.05, 3.63) is 35.8 Å². The van der Waals surface area contributed by atoms with Gasteiger partial charge in [0.2, 0.25) is 0 Å². The van der Waals surface area contributed by atoms with Crippen LogP contribution in [0.4, 0.5) is 26.3 Å². The summed E-state index contributed by atoms with van der Waals surface area (Å²) in [6.07, 6.45) is -7.45. The summed E-state index contributed by atoms with van der Waals surface area (Å²) in [6, 6.07) is 1.77. The first-order chi connectivity index (χ1) is 12.5. The van der Waals surface area contributed by atoms with Crippen molar-refractivity contribution in [1.29, 1.82) is 0 Å². The van der Waals surface area contributed by atoms with E-state index in [9.17, 15) is 26.3 Å². The lowest BCUT2D eigenvalue weighted by Gasteiger charge is -2.12. The SMILES string of the molecule is CCSc1cc(C(F)(F)F)cnc1-c1nc2cc(C(F)(F)F)ncc2n1C. The van der Waals surface area contributed by atoms with Gasteiger partial charge in [-0.3, -0.25) is 4.98 Å². The average Bonchev–Trinajstić information content (AvgIpc) is 2.90. The molecule has 11 heteroatoms. The second-order valence-electron chi connectivity index (χ2n) is 5.55. The molecular formula is C16H12F6N4S. The van der Waals surface area contributed by atoms with Gasteiger partial charge in [0.15, 0.2) is 5.82 Å². The molecule has 0 N–H and O–H groups in total. The Morgan fingerprint density at radius 1 is 1.00 bits per heavy atom. The van der Waals surface area contributed by atoms with E-state index in [-0.39, 0.29) is 21.9 Å². The number of pyridine rings is 2. The molecule has 0 aliphatic carbocycles. The number of hydrogen-bond donors (Lipinski definition) is 0. The van der Waals surface area contributed by atoms with Gasteiger partial charge in [-0.15, -0.1) is 11.8 Å². The first-order valence-corrected chi connectivity index (χ1v) is 8.61. The van der Waals surface area contributed by atoms with Gasteiger partial charge in [-0.1, -0.05) is 6.92 Å². The first-order valence-electron chi connectivity index (χ1n) is 7.62. The number of halogens is 6. The van der Waals surface area contributed by atoms with E-state index in [2.05, 4.69) is 15.0 Å². The molecule has 144 valence electrons. The van der Waals surface area contributed by atoms with Crippen LogP contribution in [0.5, 0.6) is 0 Å². The number of fused-ring (bicyclic) bond motifs is 1. The zero-order valence-corrected chi connectivity index (χ0v) is 14.8. The van der Waals surface area contributed by atoms with Gasteiger partial charge in [-0.25, -0.2) is 9.97 Å². The molecular weight excluding hydrogens is 394 g/mol. The van der Waals surface area contributed by atoms with Crippen LogP contribution in [0, 0.1) is 0 Å². The summed E-state index contributed by atoms with van der Waals surface area (Å²) in [6.45, 7) is 1.77. The lowest BCUT2D eigenvalue weighted by atomic mass is 10.2. The van der Waals surface area contributed by atoms with Crippen molar-refractivity contribution in [2.75, 3.05) is 5.75 Å². The van der Waals surface area contributed by atoms with E-state index in [0.29, 0.717) is 17.5 Å². The van der Waals surface area contributed by atoms with E-state index in [1.54, 1.807) is 14.0 Å². The van der Waals surface area contributed by atoms with Crippen LogP contribution in [-0.4, -0.2) is 25.3 Å². The van der Waals surface area contributed by atoms with E-state index in [1.165, 1.54) is 4.57 Å². The molecule has 3 aromatic heterocycles. The molecule has 0 bridgehead atoms. The quantitative estimate of drug-likeness (QED) is 0.444. The van der Waals surface area contributed by atoms with Crippen LogP contribution in [0.2, 0.25) is 0 Å². The summed E-state index contributed by atoms with van der Waals surface area (Å²) in [4.78, 5) is 11.7. The largest absolute Gasteiger partial charge is 0.433 e. The molecule has 0 saturated carbocycles. The topological polar surface area (TPSA) is 43.6 Å².